The molecule has 1 fully saturated rings. The van der Waals surface area contributed by atoms with Crippen molar-refractivity contribution in [3.8, 4) is 0 Å². The van der Waals surface area contributed by atoms with Gasteiger partial charge in [-0.3, -0.25) is 4.99 Å². The first-order chi connectivity index (χ1) is 13.2. The van der Waals surface area contributed by atoms with Gasteiger partial charge < -0.3 is 15.1 Å². The van der Waals surface area contributed by atoms with Gasteiger partial charge in [0.2, 0.25) is 0 Å². The van der Waals surface area contributed by atoms with E-state index in [-0.39, 0.29) is 0 Å². The average molecular weight is 364 g/mol. The van der Waals surface area contributed by atoms with Crippen molar-refractivity contribution >= 4 is 17.9 Å². The van der Waals surface area contributed by atoms with Crippen LogP contribution in [0.5, 0.6) is 0 Å². The Kier molecular flexibility index (Phi) is 6.47. The van der Waals surface area contributed by atoms with Crippen molar-refractivity contribution in [1.29, 1.82) is 0 Å². The lowest BCUT2D eigenvalue weighted by molar-refractivity contribution is 0.375. The van der Waals surface area contributed by atoms with Gasteiger partial charge in [0.25, 0.3) is 0 Å². The van der Waals surface area contributed by atoms with Crippen molar-refractivity contribution in [1.82, 2.24) is 15.2 Å². The third-order valence-corrected chi connectivity index (χ3v) is 4.81. The smallest absolute Gasteiger partial charge is 0.193 e. The van der Waals surface area contributed by atoms with Gasteiger partial charge in [0, 0.05) is 47.0 Å². The molecule has 1 N–H and O–H groups in total. The molecule has 0 saturated carbocycles. The van der Waals surface area contributed by atoms with Crippen molar-refractivity contribution in [3.05, 3.63) is 65.4 Å². The number of anilines is 1. The van der Waals surface area contributed by atoms with Crippen LogP contribution < -0.4 is 10.2 Å². The van der Waals surface area contributed by atoms with Crippen LogP contribution in [0.4, 0.5) is 5.82 Å². The average Bonchev–Trinajstić information content (AvgIpc) is 2.70. The van der Waals surface area contributed by atoms with Gasteiger partial charge >= 0.3 is 0 Å². The molecule has 0 radical (unpaired) electrons. The molecule has 1 saturated heterocycles. The van der Waals surface area contributed by atoms with Crippen LogP contribution in [-0.4, -0.2) is 50.1 Å². The molecule has 0 aliphatic carbocycles. The minimum Gasteiger partial charge on any atom is -0.363 e. The van der Waals surface area contributed by atoms with Crippen molar-refractivity contribution in [2.24, 2.45) is 4.99 Å². The fraction of sp³-hybridized carbons (Fsp3) is 0.364. The fourth-order valence-electron chi connectivity index (χ4n) is 3.26. The summed E-state index contributed by atoms with van der Waals surface area (Å²) >= 11 is 0. The van der Waals surface area contributed by atoms with Gasteiger partial charge in [-0.2, -0.15) is 0 Å². The number of piperidine rings is 1. The van der Waals surface area contributed by atoms with E-state index < -0.39 is 0 Å². The second-order valence-corrected chi connectivity index (χ2v) is 7.02. The molecule has 1 aromatic heterocycles. The maximum Gasteiger partial charge on any atom is 0.193 e. The molecule has 5 nitrogen and oxygen atoms in total. The van der Waals surface area contributed by atoms with Gasteiger partial charge in [0.15, 0.2) is 5.96 Å². The zero-order valence-corrected chi connectivity index (χ0v) is 16.5. The monoisotopic (exact) mass is 363 g/mol. The van der Waals surface area contributed by atoms with Gasteiger partial charge in [-0.15, -0.1) is 0 Å². The first-order valence-corrected chi connectivity index (χ1v) is 9.48. The molecule has 2 heterocycles. The second kappa shape index (κ2) is 9.21. The lowest BCUT2D eigenvalue weighted by Crippen LogP contribution is -2.44. The van der Waals surface area contributed by atoms with Crippen molar-refractivity contribution < 1.29 is 0 Å². The van der Waals surface area contributed by atoms with Crippen LogP contribution in [-0.2, 0) is 6.54 Å². The summed E-state index contributed by atoms with van der Waals surface area (Å²) in [6, 6.07) is 14.7. The Morgan fingerprint density at radius 2 is 1.93 bits per heavy atom. The molecule has 27 heavy (non-hydrogen) atoms. The third kappa shape index (κ3) is 5.33. The highest BCUT2D eigenvalue weighted by molar-refractivity contribution is 5.80. The summed E-state index contributed by atoms with van der Waals surface area (Å²) in [4.78, 5) is 13.2. The van der Waals surface area contributed by atoms with Gasteiger partial charge in [-0.1, -0.05) is 42.0 Å². The Balaban J connectivity index is 1.55. The van der Waals surface area contributed by atoms with E-state index in [1.54, 1.807) is 0 Å². The van der Waals surface area contributed by atoms with Crippen molar-refractivity contribution in [2.75, 3.05) is 39.1 Å². The molecule has 142 valence electrons. The highest BCUT2D eigenvalue weighted by Crippen LogP contribution is 2.19. The predicted molar refractivity (Wildman–Crippen MR) is 114 cm³/mol. The van der Waals surface area contributed by atoms with Crippen LogP contribution >= 0.6 is 0 Å². The van der Waals surface area contributed by atoms with E-state index in [9.17, 15) is 0 Å². The zero-order valence-electron chi connectivity index (χ0n) is 16.5. The Hall–Kier alpha value is -2.82. The fourth-order valence-corrected chi connectivity index (χ4v) is 3.26. The Morgan fingerprint density at radius 3 is 2.59 bits per heavy atom. The normalized spacial score (nSPS) is 14.9. The van der Waals surface area contributed by atoms with Crippen LogP contribution in [0.3, 0.4) is 0 Å². The molecule has 1 aromatic carbocycles. The first-order valence-electron chi connectivity index (χ1n) is 9.48. The largest absolute Gasteiger partial charge is 0.363 e. The lowest BCUT2D eigenvalue weighted by Gasteiger charge is -2.31. The zero-order chi connectivity index (χ0) is 19.1. The van der Waals surface area contributed by atoms with E-state index in [1.807, 2.05) is 38.3 Å². The number of aliphatic imine (C=N–C) groups is 1. The predicted octanol–water partition coefficient (Wildman–Crippen LogP) is 3.40. The van der Waals surface area contributed by atoms with E-state index in [0.29, 0.717) is 0 Å². The molecule has 1 aliphatic rings. The van der Waals surface area contributed by atoms with Gasteiger partial charge in [0.05, 0.1) is 0 Å². The van der Waals surface area contributed by atoms with E-state index in [4.69, 9.17) is 0 Å². The Morgan fingerprint density at radius 1 is 1.19 bits per heavy atom. The number of likely N-dealkylation sites (tertiary alicyclic amines) is 1. The molecule has 0 unspecified atom stereocenters. The van der Waals surface area contributed by atoms with E-state index in [0.717, 1.165) is 44.3 Å². The number of guanidine groups is 1. The molecule has 0 amide bonds. The number of aromatic nitrogens is 1. The summed E-state index contributed by atoms with van der Waals surface area (Å²) in [6.07, 6.45) is 6.34. The number of benzene rings is 1. The summed E-state index contributed by atoms with van der Waals surface area (Å²) in [5, 5.41) is 3.50. The van der Waals surface area contributed by atoms with Gasteiger partial charge in [-0.25, -0.2) is 4.98 Å². The standard InChI is InChI=1S/C22H29N5/c1-23-22(25-17-20-9-12-24-21(16-20)26(2)3)27-13-10-19(11-14-27)15-18-7-5-4-6-8-18/h4-9,12,15-16H,10-11,13-14,17H2,1-3H3,(H,23,25). The summed E-state index contributed by atoms with van der Waals surface area (Å²) in [7, 11) is 5.87. The first kappa shape index (κ1) is 19.0. The Bertz CT molecular complexity index is 785. The minimum atomic E-state index is 0.749. The third-order valence-electron chi connectivity index (χ3n) is 4.81. The van der Waals surface area contributed by atoms with Crippen LogP contribution in [0.2, 0.25) is 0 Å². The van der Waals surface area contributed by atoms with Crippen molar-refractivity contribution in [2.45, 2.75) is 19.4 Å². The van der Waals surface area contributed by atoms with Crippen LogP contribution in [0.15, 0.2) is 59.2 Å². The number of hydrogen-bond acceptors (Lipinski definition) is 3. The van der Waals surface area contributed by atoms with Gasteiger partial charge in [0.1, 0.15) is 5.82 Å². The van der Waals surface area contributed by atoms with Gasteiger partial charge in [-0.05, 0) is 36.1 Å². The Labute approximate surface area is 162 Å². The quantitative estimate of drug-likeness (QED) is 0.668. The second-order valence-electron chi connectivity index (χ2n) is 7.02. The van der Waals surface area contributed by atoms with Crippen LogP contribution in [0, 0.1) is 0 Å². The molecule has 3 rings (SSSR count). The van der Waals surface area contributed by atoms with E-state index in [1.165, 1.54) is 16.7 Å². The lowest BCUT2D eigenvalue weighted by atomic mass is 10.0. The summed E-state index contributed by atoms with van der Waals surface area (Å²) in [5.74, 6) is 1.94. The summed E-state index contributed by atoms with van der Waals surface area (Å²) in [5.41, 5.74) is 4.01. The number of nitrogens with zero attached hydrogens (tertiary/aromatic N) is 4. The molecular weight excluding hydrogens is 334 g/mol. The molecule has 5 heteroatoms. The molecular formula is C22H29N5. The number of nitrogens with one attached hydrogen (secondary N) is 1. The molecule has 0 spiro atoms. The van der Waals surface area contributed by atoms with Crippen LogP contribution in [0.25, 0.3) is 6.08 Å². The SMILES string of the molecule is CN=C(NCc1ccnc(N(C)C)c1)N1CCC(=Cc2ccccc2)CC1. The summed E-state index contributed by atoms with van der Waals surface area (Å²) < 4.78 is 0. The minimum absolute atomic E-state index is 0.749. The number of pyridine rings is 1. The number of hydrogen-bond donors (Lipinski definition) is 1. The highest BCUT2D eigenvalue weighted by Gasteiger charge is 2.17. The maximum atomic E-state index is 4.48. The molecule has 0 bridgehead atoms. The van der Waals surface area contributed by atoms with Crippen LogP contribution in [0.1, 0.15) is 24.0 Å². The molecule has 0 atom stereocenters. The highest BCUT2D eigenvalue weighted by atomic mass is 15.3. The maximum absolute atomic E-state index is 4.48. The van der Waals surface area contributed by atoms with Crippen molar-refractivity contribution in [3.63, 3.8) is 0 Å². The van der Waals surface area contributed by atoms with E-state index >= 15 is 0 Å². The summed E-state index contributed by atoms with van der Waals surface area (Å²) in [6.45, 7) is 2.74. The molecule has 1 aliphatic heterocycles. The number of rotatable bonds is 4. The van der Waals surface area contributed by atoms with E-state index in [2.05, 4.69) is 62.7 Å². The topological polar surface area (TPSA) is 43.8 Å². The molecule has 2 aromatic rings.